The molecule has 3 aromatic rings. The van der Waals surface area contributed by atoms with E-state index in [0.29, 0.717) is 45.2 Å². The normalized spacial score (nSPS) is 16.3. The molecule has 1 unspecified atom stereocenters. The van der Waals surface area contributed by atoms with Gasteiger partial charge in [-0.05, 0) is 63.3 Å². The van der Waals surface area contributed by atoms with Crippen molar-refractivity contribution in [1.29, 1.82) is 0 Å². The number of rotatable bonds is 10. The molecule has 2 aromatic heterocycles. The monoisotopic (exact) mass is 588 g/mol. The molecule has 0 N–H and O–H groups in total. The highest BCUT2D eigenvalue weighted by Gasteiger charge is 2.28. The van der Waals surface area contributed by atoms with E-state index in [1.54, 1.807) is 18.3 Å². The summed E-state index contributed by atoms with van der Waals surface area (Å²) in [7, 11) is 1.68. The highest BCUT2D eigenvalue weighted by molar-refractivity contribution is 5.84. The Kier molecular flexibility index (Phi) is 9.52. The molecular weight excluding hydrogens is 544 g/mol. The number of nitrogens with zero attached hydrogens (tertiary/aromatic N) is 6. The Hall–Kier alpha value is -4.08. The second-order valence-electron chi connectivity index (χ2n) is 12.2. The molecule has 1 saturated heterocycles. The quantitative estimate of drug-likeness (QED) is 0.295. The average molecular weight is 589 g/mol. The van der Waals surface area contributed by atoms with Crippen LogP contribution in [0.1, 0.15) is 58.3 Å². The third-order valence-corrected chi connectivity index (χ3v) is 7.85. The van der Waals surface area contributed by atoms with Gasteiger partial charge in [0.15, 0.2) is 17.0 Å². The summed E-state index contributed by atoms with van der Waals surface area (Å²) in [6.07, 6.45) is 11.4. The first-order valence-corrected chi connectivity index (χ1v) is 15.3. The van der Waals surface area contributed by atoms with Gasteiger partial charge in [-0.1, -0.05) is 31.2 Å². The summed E-state index contributed by atoms with van der Waals surface area (Å²) in [5.74, 6) is 3.93. The van der Waals surface area contributed by atoms with Crippen molar-refractivity contribution >= 4 is 23.1 Å². The van der Waals surface area contributed by atoms with Gasteiger partial charge in [-0.2, -0.15) is 0 Å². The summed E-state index contributed by atoms with van der Waals surface area (Å²) in [6.45, 7) is 11.5. The van der Waals surface area contributed by atoms with Gasteiger partial charge in [-0.15, -0.1) is 0 Å². The molecule has 1 aromatic carbocycles. The van der Waals surface area contributed by atoms with Crippen LogP contribution in [0, 0.1) is 5.92 Å². The van der Waals surface area contributed by atoms with Gasteiger partial charge < -0.3 is 28.6 Å². The van der Waals surface area contributed by atoms with Crippen molar-refractivity contribution < 1.29 is 19.0 Å². The largest absolute Gasteiger partial charge is 0.498 e. The van der Waals surface area contributed by atoms with Crippen LogP contribution in [0.2, 0.25) is 0 Å². The lowest BCUT2D eigenvalue weighted by molar-refractivity contribution is 0.0240. The second kappa shape index (κ2) is 13.5. The predicted octanol–water partition coefficient (Wildman–Crippen LogP) is 5.76. The highest BCUT2D eigenvalue weighted by Crippen LogP contribution is 2.28. The first-order valence-electron chi connectivity index (χ1n) is 15.3. The summed E-state index contributed by atoms with van der Waals surface area (Å²) < 4.78 is 19.4. The fraction of sp³-hybridized carbons (Fsp3) is 0.515. The Labute approximate surface area is 254 Å². The number of benzene rings is 1. The van der Waals surface area contributed by atoms with E-state index in [2.05, 4.69) is 46.8 Å². The van der Waals surface area contributed by atoms with Crippen LogP contribution in [-0.2, 0) is 22.4 Å². The van der Waals surface area contributed by atoms with E-state index in [-0.39, 0.29) is 6.09 Å². The number of carbonyl (C=O) groups excluding carboxylic acids is 1. The lowest BCUT2D eigenvalue weighted by Gasteiger charge is -2.36. The van der Waals surface area contributed by atoms with Crippen LogP contribution in [0.3, 0.4) is 0 Å². The van der Waals surface area contributed by atoms with Crippen molar-refractivity contribution in [2.24, 2.45) is 5.92 Å². The van der Waals surface area contributed by atoms with Crippen LogP contribution in [0.15, 0.2) is 54.6 Å². The molecule has 0 saturated carbocycles. The summed E-state index contributed by atoms with van der Waals surface area (Å²) in [6, 6.07) is 8.12. The third-order valence-electron chi connectivity index (χ3n) is 7.85. The Bertz CT molecular complexity index is 1450. The number of amides is 1. The van der Waals surface area contributed by atoms with Gasteiger partial charge in [0.1, 0.15) is 23.5 Å². The van der Waals surface area contributed by atoms with Crippen LogP contribution in [-0.4, -0.2) is 76.0 Å². The van der Waals surface area contributed by atoms with Gasteiger partial charge in [-0.3, -0.25) is 0 Å². The van der Waals surface area contributed by atoms with Gasteiger partial charge in [0.05, 0.1) is 26.0 Å². The number of hydrogen-bond acceptors (Lipinski definition) is 8. The fourth-order valence-electron chi connectivity index (χ4n) is 5.37. The average Bonchev–Trinajstić information content (AvgIpc) is 3.36. The molecule has 2 aliphatic rings. The molecule has 5 rings (SSSR count). The maximum atomic E-state index is 12.6. The van der Waals surface area contributed by atoms with Gasteiger partial charge >= 0.3 is 6.09 Å². The van der Waals surface area contributed by atoms with Crippen LogP contribution in [0.25, 0.3) is 11.2 Å². The number of anilines is 1. The second-order valence-corrected chi connectivity index (χ2v) is 12.2. The molecule has 1 amide bonds. The molecule has 230 valence electrons. The van der Waals surface area contributed by atoms with E-state index >= 15 is 0 Å². The fourth-order valence-corrected chi connectivity index (χ4v) is 5.37. The van der Waals surface area contributed by atoms with Gasteiger partial charge in [-0.25, -0.2) is 19.7 Å². The topological polar surface area (TPSA) is 94.8 Å². The predicted molar refractivity (Wildman–Crippen MR) is 167 cm³/mol. The zero-order valence-corrected chi connectivity index (χ0v) is 26.1. The maximum Gasteiger partial charge on any atom is 0.410 e. The number of fused-ring (bicyclic) bond motifs is 1. The smallest absolute Gasteiger partial charge is 0.410 e. The van der Waals surface area contributed by atoms with Crippen LogP contribution < -0.4 is 9.64 Å². The zero-order valence-electron chi connectivity index (χ0n) is 26.1. The van der Waals surface area contributed by atoms with Crippen molar-refractivity contribution in [2.75, 3.05) is 44.8 Å². The Morgan fingerprint density at radius 3 is 2.49 bits per heavy atom. The summed E-state index contributed by atoms with van der Waals surface area (Å²) in [4.78, 5) is 31.2. The van der Waals surface area contributed by atoms with Crippen molar-refractivity contribution in [3.8, 4) is 5.75 Å². The number of imidazole rings is 1. The van der Waals surface area contributed by atoms with Gasteiger partial charge in [0.2, 0.25) is 0 Å². The molecule has 0 bridgehead atoms. The van der Waals surface area contributed by atoms with E-state index in [1.165, 1.54) is 0 Å². The maximum absolute atomic E-state index is 12.6. The minimum Gasteiger partial charge on any atom is -0.498 e. The van der Waals surface area contributed by atoms with E-state index < -0.39 is 5.60 Å². The van der Waals surface area contributed by atoms with Crippen LogP contribution in [0.5, 0.6) is 5.75 Å². The first-order chi connectivity index (χ1) is 20.7. The Balaban J connectivity index is 1.40. The lowest BCUT2D eigenvalue weighted by Crippen LogP contribution is -2.50. The molecule has 1 aliphatic heterocycles. The SMILES string of the molecule is CCC(COC1=CC=CCC1)Cc1nc2c(N3CCN(C(=O)OC(C)(C)C)CC3)ncnc2n1Cc1ccc(OC)cc1. The van der Waals surface area contributed by atoms with Crippen molar-refractivity contribution in [3.05, 3.63) is 66.0 Å². The van der Waals surface area contributed by atoms with Gasteiger partial charge in [0, 0.05) is 39.0 Å². The van der Waals surface area contributed by atoms with Crippen molar-refractivity contribution in [1.82, 2.24) is 24.4 Å². The molecule has 0 spiro atoms. The Morgan fingerprint density at radius 1 is 1.07 bits per heavy atom. The zero-order chi connectivity index (χ0) is 30.4. The van der Waals surface area contributed by atoms with E-state index in [4.69, 9.17) is 29.2 Å². The summed E-state index contributed by atoms with van der Waals surface area (Å²) >= 11 is 0. The van der Waals surface area contributed by atoms with E-state index in [0.717, 1.165) is 65.6 Å². The first kappa shape index (κ1) is 30.4. The number of allylic oxidation sites excluding steroid dienone is 4. The standard InChI is InChI=1S/C33H44N6O4/c1-6-24(22-42-27-10-8-7-9-11-27)20-28-36-29-30(37-16-18-38(19-17-37)32(40)43-33(2,3)4)34-23-35-31(29)39(28)21-25-12-14-26(41-5)15-13-25/h7-8,10,12-15,23-24H,6,9,11,16-22H2,1-5H3. The van der Waals surface area contributed by atoms with Crippen LogP contribution >= 0.6 is 0 Å². The number of methoxy groups -OCH3 is 1. The number of hydrogen-bond donors (Lipinski definition) is 0. The number of aromatic nitrogens is 4. The highest BCUT2D eigenvalue weighted by atomic mass is 16.6. The minimum absolute atomic E-state index is 0.279. The number of carbonyl (C=O) groups is 1. The molecule has 0 radical (unpaired) electrons. The lowest BCUT2D eigenvalue weighted by atomic mass is 10.0. The number of piperazine rings is 1. The summed E-state index contributed by atoms with van der Waals surface area (Å²) in [5.41, 5.74) is 2.20. The van der Waals surface area contributed by atoms with E-state index in [1.807, 2.05) is 32.9 Å². The van der Waals surface area contributed by atoms with Crippen molar-refractivity contribution in [3.63, 3.8) is 0 Å². The molecule has 1 aliphatic carbocycles. The van der Waals surface area contributed by atoms with Crippen molar-refractivity contribution in [2.45, 2.75) is 65.5 Å². The van der Waals surface area contributed by atoms with E-state index in [9.17, 15) is 4.79 Å². The van der Waals surface area contributed by atoms with Crippen LogP contribution in [0.4, 0.5) is 10.6 Å². The summed E-state index contributed by atoms with van der Waals surface area (Å²) in [5, 5.41) is 0. The molecular formula is C33H44N6O4. The number of ether oxygens (including phenoxy) is 3. The Morgan fingerprint density at radius 2 is 1.84 bits per heavy atom. The third kappa shape index (κ3) is 7.66. The molecule has 1 atom stereocenters. The molecule has 10 heteroatoms. The minimum atomic E-state index is -0.522. The molecule has 10 nitrogen and oxygen atoms in total. The molecule has 1 fully saturated rings. The van der Waals surface area contributed by atoms with Gasteiger partial charge in [0.25, 0.3) is 0 Å². The molecule has 3 heterocycles. The molecule has 43 heavy (non-hydrogen) atoms.